The van der Waals surface area contributed by atoms with Crippen molar-refractivity contribution in [1.29, 1.82) is 0 Å². The van der Waals surface area contributed by atoms with Gasteiger partial charge in [0.25, 0.3) is 0 Å². The molecule has 1 atom stereocenters. The summed E-state index contributed by atoms with van der Waals surface area (Å²) in [5.74, 6) is -0.949. The summed E-state index contributed by atoms with van der Waals surface area (Å²) in [6, 6.07) is -0.794. The minimum Gasteiger partial charge on any atom is -1.00 e. The molecule has 0 spiro atoms. The van der Waals surface area contributed by atoms with E-state index in [-0.39, 0.29) is 17.0 Å². The van der Waals surface area contributed by atoms with Gasteiger partial charge in [-0.25, -0.2) is 0 Å². The third kappa shape index (κ3) is 3.04. The highest BCUT2D eigenvalue weighted by atomic mass is 79.9. The number of halogens is 1. The van der Waals surface area contributed by atoms with Gasteiger partial charge in [-0.1, -0.05) is 11.3 Å². The van der Waals surface area contributed by atoms with Crippen LogP contribution in [0.1, 0.15) is 10.6 Å². The summed E-state index contributed by atoms with van der Waals surface area (Å²) in [5.41, 5.74) is 8.45. The van der Waals surface area contributed by atoms with E-state index in [9.17, 15) is 4.79 Å². The zero-order valence-electron chi connectivity index (χ0n) is 8.03. The number of nitrogens with two attached hydrogens (primary N) is 1. The molecule has 1 aromatic heterocycles. The lowest BCUT2D eigenvalue weighted by Crippen LogP contribution is -3.00. The predicted molar refractivity (Wildman–Crippen MR) is 49.5 cm³/mol. The normalized spacial score (nSPS) is 11.9. The molecule has 0 saturated heterocycles. The topological polar surface area (TPSA) is 67.2 Å². The van der Waals surface area contributed by atoms with Crippen molar-refractivity contribution in [2.75, 3.05) is 0 Å². The zero-order valence-corrected chi connectivity index (χ0v) is 10.4. The van der Waals surface area contributed by atoms with Crippen molar-refractivity contribution >= 4 is 17.3 Å². The van der Waals surface area contributed by atoms with Crippen molar-refractivity contribution in [1.82, 2.24) is 0 Å². The van der Waals surface area contributed by atoms with Gasteiger partial charge in [0.2, 0.25) is 5.51 Å². The fraction of sp³-hybridized carbons (Fsp3) is 0.500. The summed E-state index contributed by atoms with van der Waals surface area (Å²) in [6.45, 7) is 1.96. The van der Waals surface area contributed by atoms with Crippen molar-refractivity contribution in [3.05, 3.63) is 16.1 Å². The largest absolute Gasteiger partial charge is 1.00 e. The number of carboxylic acid groups (broad SMARTS) is 1. The molecule has 0 unspecified atom stereocenters. The van der Waals surface area contributed by atoms with Crippen LogP contribution >= 0.6 is 11.3 Å². The quantitative estimate of drug-likeness (QED) is 0.575. The number of thiazole rings is 1. The molecule has 14 heavy (non-hydrogen) atoms. The Hall–Kier alpha value is -0.460. The van der Waals surface area contributed by atoms with Gasteiger partial charge in [0, 0.05) is 13.3 Å². The van der Waals surface area contributed by atoms with E-state index in [4.69, 9.17) is 10.8 Å². The van der Waals surface area contributed by atoms with Crippen LogP contribution < -0.4 is 27.3 Å². The smallest absolute Gasteiger partial charge is 0.320 e. The standard InChI is InChI=1S/C8H12N2O2S.BrH/c1-5-7(13-4-10(5)2)3-6(9)8(11)12;/h4,6H,3,9H2,1-2H3;1H/t6-;/m0./s1. The third-order valence-corrected chi connectivity index (χ3v) is 3.18. The first-order valence-electron chi connectivity index (χ1n) is 3.93. The SMILES string of the molecule is Cc1c(C[C@H](N)C(=O)O)sc[n+]1C.[Br-]. The second-order valence-corrected chi connectivity index (χ2v) is 3.93. The molecule has 3 N–H and O–H groups in total. The van der Waals surface area contributed by atoms with Gasteiger partial charge in [0.05, 0.1) is 4.88 Å². The Labute approximate surface area is 97.1 Å². The van der Waals surface area contributed by atoms with E-state index in [1.54, 1.807) is 11.3 Å². The second-order valence-electron chi connectivity index (χ2n) is 2.99. The van der Waals surface area contributed by atoms with Gasteiger partial charge in [-0.2, -0.15) is 4.57 Å². The summed E-state index contributed by atoms with van der Waals surface area (Å²) in [5, 5.41) is 8.61. The molecule has 4 nitrogen and oxygen atoms in total. The van der Waals surface area contributed by atoms with E-state index in [1.807, 2.05) is 24.0 Å². The fourth-order valence-corrected chi connectivity index (χ4v) is 2.02. The van der Waals surface area contributed by atoms with E-state index in [0.717, 1.165) is 10.6 Å². The van der Waals surface area contributed by atoms with Gasteiger partial charge in [-0.3, -0.25) is 4.79 Å². The molecule has 0 bridgehead atoms. The molecule has 0 aliphatic rings. The van der Waals surface area contributed by atoms with Crippen LogP contribution in [-0.4, -0.2) is 17.1 Å². The lowest BCUT2D eigenvalue weighted by molar-refractivity contribution is -0.672. The van der Waals surface area contributed by atoms with Gasteiger partial charge < -0.3 is 27.8 Å². The maximum atomic E-state index is 10.5. The number of nitrogens with zero attached hydrogens (tertiary/aromatic N) is 1. The van der Waals surface area contributed by atoms with Crippen molar-refractivity contribution < 1.29 is 31.4 Å². The molecule has 1 aromatic rings. The minimum absolute atomic E-state index is 0. The van der Waals surface area contributed by atoms with Crippen LogP contribution in [0.4, 0.5) is 0 Å². The molecule has 1 rings (SSSR count). The van der Waals surface area contributed by atoms with E-state index < -0.39 is 12.0 Å². The van der Waals surface area contributed by atoms with Crippen LogP contribution in [0.5, 0.6) is 0 Å². The highest BCUT2D eigenvalue weighted by Gasteiger charge is 2.18. The number of aliphatic carboxylic acids is 1. The number of hydrogen-bond donors (Lipinski definition) is 2. The zero-order chi connectivity index (χ0) is 10.0. The first-order chi connectivity index (χ1) is 6.02. The van der Waals surface area contributed by atoms with Crippen LogP contribution in [0.3, 0.4) is 0 Å². The van der Waals surface area contributed by atoms with Crippen LogP contribution in [-0.2, 0) is 18.3 Å². The molecule has 0 fully saturated rings. The van der Waals surface area contributed by atoms with Crippen LogP contribution in [0.25, 0.3) is 0 Å². The first kappa shape index (κ1) is 13.5. The Morgan fingerprint density at radius 2 is 2.36 bits per heavy atom. The van der Waals surface area contributed by atoms with Crippen LogP contribution in [0.2, 0.25) is 0 Å². The van der Waals surface area contributed by atoms with Crippen molar-refractivity contribution in [2.24, 2.45) is 12.8 Å². The van der Waals surface area contributed by atoms with E-state index in [0.29, 0.717) is 6.42 Å². The molecule has 0 amide bonds. The first-order valence-corrected chi connectivity index (χ1v) is 4.81. The number of carbonyl (C=O) groups is 1. The highest BCUT2D eigenvalue weighted by Crippen LogP contribution is 2.12. The van der Waals surface area contributed by atoms with Gasteiger partial charge in [-0.05, 0) is 0 Å². The van der Waals surface area contributed by atoms with E-state index in [2.05, 4.69) is 0 Å². The van der Waals surface area contributed by atoms with Gasteiger partial charge >= 0.3 is 5.97 Å². The lowest BCUT2D eigenvalue weighted by Gasteiger charge is -2.02. The molecule has 0 aliphatic heterocycles. The van der Waals surface area contributed by atoms with Crippen LogP contribution in [0.15, 0.2) is 5.51 Å². The summed E-state index contributed by atoms with van der Waals surface area (Å²) < 4.78 is 1.97. The predicted octanol–water partition coefficient (Wildman–Crippen LogP) is -3.16. The van der Waals surface area contributed by atoms with Gasteiger partial charge in [-0.15, -0.1) is 0 Å². The summed E-state index contributed by atoms with van der Waals surface area (Å²) >= 11 is 1.54. The molecular weight excluding hydrogens is 268 g/mol. The fourth-order valence-electron chi connectivity index (χ4n) is 0.987. The highest BCUT2D eigenvalue weighted by molar-refractivity contribution is 7.09. The number of aromatic nitrogens is 1. The number of carboxylic acids is 1. The Morgan fingerprint density at radius 1 is 1.79 bits per heavy atom. The molecule has 0 aliphatic carbocycles. The Kier molecular flexibility index (Phi) is 5.25. The third-order valence-electron chi connectivity index (χ3n) is 2.01. The maximum absolute atomic E-state index is 10.5. The molecule has 6 heteroatoms. The number of rotatable bonds is 3. The Bertz CT molecular complexity index is 327. The molecule has 0 saturated carbocycles. The van der Waals surface area contributed by atoms with Crippen molar-refractivity contribution in [2.45, 2.75) is 19.4 Å². The van der Waals surface area contributed by atoms with E-state index >= 15 is 0 Å². The second kappa shape index (κ2) is 5.43. The number of hydrogen-bond acceptors (Lipinski definition) is 3. The Morgan fingerprint density at radius 3 is 2.71 bits per heavy atom. The summed E-state index contributed by atoms with van der Waals surface area (Å²) in [7, 11) is 1.93. The average molecular weight is 281 g/mol. The van der Waals surface area contributed by atoms with Crippen molar-refractivity contribution in [3.8, 4) is 0 Å². The molecule has 0 radical (unpaired) electrons. The lowest BCUT2D eigenvalue weighted by atomic mass is 10.2. The van der Waals surface area contributed by atoms with Gasteiger partial charge in [0.15, 0.2) is 5.69 Å². The van der Waals surface area contributed by atoms with Crippen LogP contribution in [0, 0.1) is 6.92 Å². The Balaban J connectivity index is 0.00000169. The summed E-state index contributed by atoms with van der Waals surface area (Å²) in [6.07, 6.45) is 0.409. The molecule has 0 aromatic carbocycles. The monoisotopic (exact) mass is 280 g/mol. The molecule has 1 heterocycles. The van der Waals surface area contributed by atoms with Gasteiger partial charge in [0.1, 0.15) is 13.1 Å². The van der Waals surface area contributed by atoms with E-state index in [1.165, 1.54) is 0 Å². The average Bonchev–Trinajstić information content (AvgIpc) is 2.36. The molecule has 80 valence electrons. The van der Waals surface area contributed by atoms with Crippen molar-refractivity contribution in [3.63, 3.8) is 0 Å². The molecular formula is C8H13BrN2O2S. The minimum atomic E-state index is -0.949. The maximum Gasteiger partial charge on any atom is 0.320 e. The summed E-state index contributed by atoms with van der Waals surface area (Å²) in [4.78, 5) is 11.5. The number of aryl methyl sites for hydroxylation is 1.